The van der Waals surface area contributed by atoms with E-state index in [0.717, 1.165) is 38.4 Å². The second-order valence-corrected chi connectivity index (χ2v) is 5.03. The van der Waals surface area contributed by atoms with Gasteiger partial charge in [-0.25, -0.2) is 0 Å². The molecule has 0 spiro atoms. The van der Waals surface area contributed by atoms with Crippen LogP contribution in [0.1, 0.15) is 29.8 Å². The van der Waals surface area contributed by atoms with Crippen molar-refractivity contribution in [3.05, 3.63) is 11.1 Å². The summed E-state index contributed by atoms with van der Waals surface area (Å²) in [7, 11) is 1.98. The minimum absolute atomic E-state index is 0. The molecule has 1 amide bonds. The minimum atomic E-state index is 0. The van der Waals surface area contributed by atoms with Crippen molar-refractivity contribution in [1.82, 2.24) is 19.8 Å². The summed E-state index contributed by atoms with van der Waals surface area (Å²) in [5, 5.41) is 8.72. The van der Waals surface area contributed by atoms with E-state index in [2.05, 4.69) is 14.9 Å². The van der Waals surface area contributed by atoms with Gasteiger partial charge in [-0.15, -0.1) is 17.5 Å². The lowest BCUT2D eigenvalue weighted by atomic mass is 9.93. The Balaban J connectivity index is 0.00000162. The molecule has 0 atom stereocenters. The SMILES string of the molecule is CNCCC1CCN(C(=O)c2csnn2)CC1.Cl. The smallest absolute Gasteiger partial charge is 0.275 e. The minimum Gasteiger partial charge on any atom is -0.337 e. The first-order valence-corrected chi connectivity index (χ1v) is 6.86. The van der Waals surface area contributed by atoms with E-state index in [1.165, 1.54) is 18.0 Å². The van der Waals surface area contributed by atoms with Gasteiger partial charge in [0, 0.05) is 18.5 Å². The average molecular weight is 291 g/mol. The quantitative estimate of drug-likeness (QED) is 0.911. The zero-order valence-electron chi connectivity index (χ0n) is 10.5. The van der Waals surface area contributed by atoms with Gasteiger partial charge in [-0.3, -0.25) is 4.79 Å². The van der Waals surface area contributed by atoms with E-state index in [1.807, 2.05) is 11.9 Å². The number of nitrogens with zero attached hydrogens (tertiary/aromatic N) is 3. The van der Waals surface area contributed by atoms with Gasteiger partial charge in [-0.2, -0.15) is 0 Å². The van der Waals surface area contributed by atoms with Gasteiger partial charge in [0.1, 0.15) is 0 Å². The predicted octanol–water partition coefficient (Wildman–Crippen LogP) is 1.42. The van der Waals surface area contributed by atoms with E-state index in [0.29, 0.717) is 5.69 Å². The number of amides is 1. The van der Waals surface area contributed by atoms with Gasteiger partial charge < -0.3 is 10.2 Å². The summed E-state index contributed by atoms with van der Waals surface area (Å²) in [6, 6.07) is 0. The monoisotopic (exact) mass is 290 g/mol. The molecule has 0 radical (unpaired) electrons. The maximum Gasteiger partial charge on any atom is 0.275 e. The number of carbonyl (C=O) groups is 1. The largest absolute Gasteiger partial charge is 0.337 e. The van der Waals surface area contributed by atoms with Crippen molar-refractivity contribution in [2.24, 2.45) is 5.92 Å². The number of rotatable bonds is 4. The number of likely N-dealkylation sites (tertiary alicyclic amines) is 1. The number of carbonyl (C=O) groups excluding carboxylic acids is 1. The molecule has 1 aromatic rings. The van der Waals surface area contributed by atoms with Gasteiger partial charge in [0.2, 0.25) is 0 Å². The third kappa shape index (κ3) is 3.90. The first kappa shape index (κ1) is 15.3. The molecule has 2 rings (SSSR count). The molecule has 1 fully saturated rings. The van der Waals surface area contributed by atoms with E-state index >= 15 is 0 Å². The van der Waals surface area contributed by atoms with Crippen LogP contribution in [0.2, 0.25) is 0 Å². The van der Waals surface area contributed by atoms with E-state index in [1.54, 1.807) is 5.38 Å². The lowest BCUT2D eigenvalue weighted by Gasteiger charge is -2.31. The van der Waals surface area contributed by atoms with Crippen LogP contribution in [0.5, 0.6) is 0 Å². The fraction of sp³-hybridized carbons (Fsp3) is 0.727. The van der Waals surface area contributed by atoms with Crippen LogP contribution in [-0.2, 0) is 0 Å². The molecule has 18 heavy (non-hydrogen) atoms. The van der Waals surface area contributed by atoms with Gasteiger partial charge in [0.05, 0.1) is 0 Å². The van der Waals surface area contributed by atoms with Gasteiger partial charge in [0.15, 0.2) is 5.69 Å². The molecule has 0 saturated carbocycles. The molecule has 0 aromatic carbocycles. The van der Waals surface area contributed by atoms with E-state index in [4.69, 9.17) is 0 Å². The van der Waals surface area contributed by atoms with Crippen molar-refractivity contribution in [2.45, 2.75) is 19.3 Å². The number of hydrogen-bond acceptors (Lipinski definition) is 5. The van der Waals surface area contributed by atoms with Crippen molar-refractivity contribution in [1.29, 1.82) is 0 Å². The van der Waals surface area contributed by atoms with Crippen LogP contribution in [0, 0.1) is 5.92 Å². The molecular weight excluding hydrogens is 272 g/mol. The third-order valence-electron chi connectivity index (χ3n) is 3.28. The molecule has 1 aliphatic heterocycles. The normalized spacial score (nSPS) is 16.4. The number of piperidine rings is 1. The lowest BCUT2D eigenvalue weighted by molar-refractivity contribution is 0.0681. The fourth-order valence-electron chi connectivity index (χ4n) is 2.19. The molecule has 0 bridgehead atoms. The van der Waals surface area contributed by atoms with Gasteiger partial charge in [-0.05, 0) is 50.3 Å². The zero-order chi connectivity index (χ0) is 12.1. The standard InChI is InChI=1S/C11H18N4OS.ClH/c1-12-5-2-9-3-6-15(7-4-9)11(16)10-8-17-14-13-10;/h8-9,12H,2-7H2,1H3;1H. The van der Waals surface area contributed by atoms with Crippen LogP contribution in [0.4, 0.5) is 0 Å². The van der Waals surface area contributed by atoms with Crippen LogP contribution >= 0.6 is 23.9 Å². The van der Waals surface area contributed by atoms with Crippen LogP contribution in [-0.4, -0.2) is 47.1 Å². The summed E-state index contributed by atoms with van der Waals surface area (Å²) in [5.74, 6) is 0.783. The molecule has 5 nitrogen and oxygen atoms in total. The molecule has 0 unspecified atom stereocenters. The Morgan fingerprint density at radius 1 is 1.56 bits per heavy atom. The topological polar surface area (TPSA) is 58.1 Å². The average Bonchev–Trinajstić information content (AvgIpc) is 2.90. The molecular formula is C11H19ClN4OS. The molecule has 7 heteroatoms. The van der Waals surface area contributed by atoms with E-state index in [-0.39, 0.29) is 18.3 Å². The van der Waals surface area contributed by atoms with Crippen molar-refractivity contribution < 1.29 is 4.79 Å². The number of hydrogen-bond donors (Lipinski definition) is 1. The summed E-state index contributed by atoms with van der Waals surface area (Å²) in [6.07, 6.45) is 3.41. The van der Waals surface area contributed by atoms with Crippen LogP contribution in [0.3, 0.4) is 0 Å². The highest BCUT2D eigenvalue weighted by Crippen LogP contribution is 2.21. The summed E-state index contributed by atoms with van der Waals surface area (Å²) >= 11 is 1.23. The van der Waals surface area contributed by atoms with Crippen molar-refractivity contribution in [2.75, 3.05) is 26.7 Å². The second kappa shape index (κ2) is 7.66. The predicted molar refractivity (Wildman–Crippen MR) is 74.3 cm³/mol. The van der Waals surface area contributed by atoms with Gasteiger partial charge in [-0.1, -0.05) is 4.49 Å². The van der Waals surface area contributed by atoms with E-state index in [9.17, 15) is 4.79 Å². The Morgan fingerprint density at radius 3 is 2.83 bits per heavy atom. The Morgan fingerprint density at radius 2 is 2.28 bits per heavy atom. The first-order valence-electron chi connectivity index (χ1n) is 6.02. The maximum absolute atomic E-state index is 12.0. The van der Waals surface area contributed by atoms with Crippen LogP contribution in [0.15, 0.2) is 5.38 Å². The zero-order valence-corrected chi connectivity index (χ0v) is 12.1. The second-order valence-electron chi connectivity index (χ2n) is 4.42. The summed E-state index contributed by atoms with van der Waals surface area (Å²) in [6.45, 7) is 2.77. The molecule has 1 aliphatic rings. The van der Waals surface area contributed by atoms with Gasteiger partial charge >= 0.3 is 0 Å². The Hall–Kier alpha value is -0.720. The first-order chi connectivity index (χ1) is 8.31. The molecule has 1 N–H and O–H groups in total. The Labute approximate surface area is 118 Å². The van der Waals surface area contributed by atoms with Crippen molar-refractivity contribution >= 4 is 29.8 Å². The highest BCUT2D eigenvalue weighted by molar-refractivity contribution is 7.03. The Bertz CT molecular complexity index is 352. The fourth-order valence-corrected chi connectivity index (χ4v) is 2.62. The maximum atomic E-state index is 12.0. The van der Waals surface area contributed by atoms with Crippen LogP contribution < -0.4 is 5.32 Å². The molecule has 0 aliphatic carbocycles. The summed E-state index contributed by atoms with van der Waals surface area (Å²) in [5.41, 5.74) is 0.490. The molecule has 1 aromatic heterocycles. The highest BCUT2D eigenvalue weighted by atomic mass is 35.5. The summed E-state index contributed by atoms with van der Waals surface area (Å²) in [4.78, 5) is 13.9. The molecule has 1 saturated heterocycles. The number of aromatic nitrogens is 2. The third-order valence-corrected chi connectivity index (χ3v) is 3.79. The summed E-state index contributed by atoms with van der Waals surface area (Å²) < 4.78 is 3.73. The van der Waals surface area contributed by atoms with E-state index < -0.39 is 0 Å². The van der Waals surface area contributed by atoms with Crippen molar-refractivity contribution in [3.63, 3.8) is 0 Å². The number of halogens is 1. The number of nitrogens with one attached hydrogen (secondary N) is 1. The van der Waals surface area contributed by atoms with Gasteiger partial charge in [0.25, 0.3) is 5.91 Å². The Kier molecular flexibility index (Phi) is 6.52. The molecule has 102 valence electrons. The molecule has 2 heterocycles. The van der Waals surface area contributed by atoms with Crippen LogP contribution in [0.25, 0.3) is 0 Å². The highest BCUT2D eigenvalue weighted by Gasteiger charge is 2.24. The van der Waals surface area contributed by atoms with Crippen molar-refractivity contribution in [3.8, 4) is 0 Å². The lowest BCUT2D eigenvalue weighted by Crippen LogP contribution is -2.39.